The number of anilines is 1. The van der Waals surface area contributed by atoms with Crippen LogP contribution in [0.1, 0.15) is 32.2 Å². The fourth-order valence-electron chi connectivity index (χ4n) is 1.73. The summed E-state index contributed by atoms with van der Waals surface area (Å²) in [4.78, 5) is 8.78. The molecule has 1 aromatic carbocycles. The first-order valence-electron chi connectivity index (χ1n) is 6.07. The molecule has 0 saturated heterocycles. The van der Waals surface area contributed by atoms with Crippen LogP contribution in [0.25, 0.3) is 11.3 Å². The number of nitrogen functional groups attached to an aromatic ring is 1. The van der Waals surface area contributed by atoms with Gasteiger partial charge in [0.1, 0.15) is 23.3 Å². The van der Waals surface area contributed by atoms with Crippen LogP contribution in [-0.4, -0.2) is 9.97 Å². The number of hydrogen-bond donors (Lipinski definition) is 1. The lowest BCUT2D eigenvalue weighted by Crippen LogP contribution is -2.18. The molecule has 0 spiro atoms. The minimum Gasteiger partial charge on any atom is -0.382 e. The predicted molar refractivity (Wildman–Crippen MR) is 75.3 cm³/mol. The topological polar surface area (TPSA) is 75.6 Å². The second-order valence-electron chi connectivity index (χ2n) is 5.38. The second-order valence-corrected chi connectivity index (χ2v) is 5.38. The van der Waals surface area contributed by atoms with E-state index in [-0.39, 0.29) is 11.2 Å². The molecule has 0 unspecified atom stereocenters. The van der Waals surface area contributed by atoms with E-state index in [0.29, 0.717) is 17.1 Å². The van der Waals surface area contributed by atoms with Crippen molar-refractivity contribution in [2.75, 3.05) is 5.73 Å². The highest BCUT2D eigenvalue weighted by Gasteiger charge is 2.22. The highest BCUT2D eigenvalue weighted by molar-refractivity contribution is 5.71. The number of nitrogens with two attached hydrogens (primary N) is 1. The lowest BCUT2D eigenvalue weighted by Gasteiger charge is -2.18. The standard InChI is InChI=1S/C15H16N4/c1-15(2,3)14-18-12(10-7-5-4-6-8-10)11(9-16)13(17)19-14/h4-8H,1-3H3,(H2,17,18,19). The van der Waals surface area contributed by atoms with Gasteiger partial charge >= 0.3 is 0 Å². The summed E-state index contributed by atoms with van der Waals surface area (Å²) in [5, 5.41) is 9.24. The molecule has 0 radical (unpaired) electrons. The average molecular weight is 252 g/mol. The average Bonchev–Trinajstić information content (AvgIpc) is 2.37. The molecule has 2 N–H and O–H groups in total. The Bertz CT molecular complexity index is 634. The van der Waals surface area contributed by atoms with Crippen molar-refractivity contribution < 1.29 is 0 Å². The van der Waals surface area contributed by atoms with Gasteiger partial charge in [0.2, 0.25) is 0 Å². The van der Waals surface area contributed by atoms with Gasteiger partial charge in [0, 0.05) is 11.0 Å². The molecule has 0 saturated carbocycles. The van der Waals surface area contributed by atoms with Gasteiger partial charge in [0.25, 0.3) is 0 Å². The molecule has 0 aliphatic carbocycles. The first-order valence-corrected chi connectivity index (χ1v) is 6.07. The summed E-state index contributed by atoms with van der Waals surface area (Å²) in [7, 11) is 0. The maximum atomic E-state index is 9.24. The number of benzene rings is 1. The van der Waals surface area contributed by atoms with E-state index in [2.05, 4.69) is 16.0 Å². The molecule has 4 nitrogen and oxygen atoms in total. The number of rotatable bonds is 1. The van der Waals surface area contributed by atoms with Crippen molar-refractivity contribution in [3.8, 4) is 17.3 Å². The molecular weight excluding hydrogens is 236 g/mol. The summed E-state index contributed by atoms with van der Waals surface area (Å²) in [5.41, 5.74) is 7.48. The number of aromatic nitrogens is 2. The van der Waals surface area contributed by atoms with Crippen LogP contribution < -0.4 is 5.73 Å². The monoisotopic (exact) mass is 252 g/mol. The fourth-order valence-corrected chi connectivity index (χ4v) is 1.73. The third kappa shape index (κ3) is 2.55. The van der Waals surface area contributed by atoms with Gasteiger partial charge in [0.05, 0.1) is 5.69 Å². The van der Waals surface area contributed by atoms with Gasteiger partial charge in [-0.2, -0.15) is 5.26 Å². The van der Waals surface area contributed by atoms with E-state index in [4.69, 9.17) is 5.73 Å². The minimum atomic E-state index is -0.217. The quantitative estimate of drug-likeness (QED) is 0.846. The first-order chi connectivity index (χ1) is 8.93. The molecule has 4 heteroatoms. The Morgan fingerprint density at radius 2 is 1.74 bits per heavy atom. The van der Waals surface area contributed by atoms with E-state index in [1.54, 1.807) is 0 Å². The molecule has 0 fully saturated rings. The number of hydrogen-bond acceptors (Lipinski definition) is 4. The Kier molecular flexibility index (Phi) is 3.22. The van der Waals surface area contributed by atoms with Crippen molar-refractivity contribution in [3.05, 3.63) is 41.7 Å². The van der Waals surface area contributed by atoms with Crippen molar-refractivity contribution >= 4 is 5.82 Å². The summed E-state index contributed by atoms with van der Waals surface area (Å²) in [6.45, 7) is 6.05. The van der Waals surface area contributed by atoms with Crippen LogP contribution in [0.15, 0.2) is 30.3 Å². The molecule has 0 amide bonds. The van der Waals surface area contributed by atoms with Crippen LogP contribution in [0.5, 0.6) is 0 Å². The van der Waals surface area contributed by atoms with E-state index < -0.39 is 0 Å². The van der Waals surface area contributed by atoms with Crippen LogP contribution in [0.3, 0.4) is 0 Å². The lowest BCUT2D eigenvalue weighted by atomic mass is 9.95. The molecule has 1 heterocycles. The molecule has 0 bridgehead atoms. The molecule has 19 heavy (non-hydrogen) atoms. The number of nitriles is 1. The largest absolute Gasteiger partial charge is 0.382 e. The zero-order chi connectivity index (χ0) is 14.0. The number of nitrogens with zero attached hydrogens (tertiary/aromatic N) is 3. The Hall–Kier alpha value is -2.41. The maximum absolute atomic E-state index is 9.24. The summed E-state index contributed by atoms with van der Waals surface area (Å²) >= 11 is 0. The smallest absolute Gasteiger partial charge is 0.145 e. The summed E-state index contributed by atoms with van der Waals surface area (Å²) in [5.74, 6) is 0.879. The SMILES string of the molecule is CC(C)(C)c1nc(N)c(C#N)c(-c2ccccc2)n1. The first kappa shape index (κ1) is 13.0. The van der Waals surface area contributed by atoms with Crippen LogP contribution in [0.4, 0.5) is 5.82 Å². The summed E-state index contributed by atoms with van der Waals surface area (Å²) in [6.07, 6.45) is 0. The van der Waals surface area contributed by atoms with E-state index in [9.17, 15) is 5.26 Å². The Morgan fingerprint density at radius 3 is 2.26 bits per heavy atom. The van der Waals surface area contributed by atoms with E-state index in [0.717, 1.165) is 5.56 Å². The molecule has 96 valence electrons. The fraction of sp³-hybridized carbons (Fsp3) is 0.267. The van der Waals surface area contributed by atoms with Crippen molar-refractivity contribution in [2.24, 2.45) is 0 Å². The highest BCUT2D eigenvalue weighted by Crippen LogP contribution is 2.28. The normalized spacial score (nSPS) is 11.1. The molecular formula is C15H16N4. The van der Waals surface area contributed by atoms with E-state index in [1.807, 2.05) is 51.1 Å². The van der Waals surface area contributed by atoms with E-state index in [1.165, 1.54) is 0 Å². The lowest BCUT2D eigenvalue weighted by molar-refractivity contribution is 0.547. The van der Waals surface area contributed by atoms with Crippen molar-refractivity contribution in [1.82, 2.24) is 9.97 Å². The summed E-state index contributed by atoms with van der Waals surface area (Å²) < 4.78 is 0. The Morgan fingerprint density at radius 1 is 1.11 bits per heavy atom. The van der Waals surface area contributed by atoms with Gasteiger partial charge in [-0.15, -0.1) is 0 Å². The van der Waals surface area contributed by atoms with Gasteiger partial charge in [-0.25, -0.2) is 9.97 Å². The van der Waals surface area contributed by atoms with Gasteiger partial charge in [-0.1, -0.05) is 51.1 Å². The highest BCUT2D eigenvalue weighted by atomic mass is 15.0. The van der Waals surface area contributed by atoms with Crippen LogP contribution in [0.2, 0.25) is 0 Å². The molecule has 0 aliphatic rings. The van der Waals surface area contributed by atoms with Crippen LogP contribution >= 0.6 is 0 Å². The van der Waals surface area contributed by atoms with Crippen molar-refractivity contribution in [2.45, 2.75) is 26.2 Å². The minimum absolute atomic E-state index is 0.217. The third-order valence-corrected chi connectivity index (χ3v) is 2.77. The van der Waals surface area contributed by atoms with E-state index >= 15 is 0 Å². The molecule has 0 aliphatic heterocycles. The Labute approximate surface area is 112 Å². The maximum Gasteiger partial charge on any atom is 0.145 e. The van der Waals surface area contributed by atoms with Crippen LogP contribution in [-0.2, 0) is 5.41 Å². The summed E-state index contributed by atoms with van der Waals surface area (Å²) in [6, 6.07) is 11.7. The third-order valence-electron chi connectivity index (χ3n) is 2.77. The second kappa shape index (κ2) is 4.69. The molecule has 2 aromatic rings. The molecule has 0 atom stereocenters. The Balaban J connectivity index is 2.72. The molecule has 2 rings (SSSR count). The predicted octanol–water partition coefficient (Wildman–Crippen LogP) is 2.89. The van der Waals surface area contributed by atoms with Gasteiger partial charge in [-0.05, 0) is 0 Å². The zero-order valence-corrected chi connectivity index (χ0v) is 11.3. The van der Waals surface area contributed by atoms with Crippen molar-refractivity contribution in [3.63, 3.8) is 0 Å². The van der Waals surface area contributed by atoms with Crippen molar-refractivity contribution in [1.29, 1.82) is 5.26 Å². The van der Waals surface area contributed by atoms with Gasteiger partial charge in [-0.3, -0.25) is 0 Å². The van der Waals surface area contributed by atoms with Crippen LogP contribution in [0, 0.1) is 11.3 Å². The van der Waals surface area contributed by atoms with Gasteiger partial charge in [0.15, 0.2) is 0 Å². The molecule has 1 aromatic heterocycles. The van der Waals surface area contributed by atoms with Gasteiger partial charge < -0.3 is 5.73 Å². The zero-order valence-electron chi connectivity index (χ0n) is 11.3.